The lowest BCUT2D eigenvalue weighted by atomic mass is 10.1. The normalized spacial score (nSPS) is 14.2. The molecule has 1 aliphatic rings. The van der Waals surface area contributed by atoms with Gasteiger partial charge in [-0.1, -0.05) is 18.2 Å². The maximum absolute atomic E-state index is 13.1. The van der Waals surface area contributed by atoms with Gasteiger partial charge in [0.25, 0.3) is 0 Å². The van der Waals surface area contributed by atoms with Crippen LogP contribution >= 0.6 is 0 Å². The van der Waals surface area contributed by atoms with Crippen LogP contribution in [0.2, 0.25) is 0 Å². The standard InChI is InChI=1S/C18H21FN2/c1-2-21(17-11-7-15(19)8-12-17)18-6-4-3-5-14(18)13-20-16-9-10-16/h3-8,11-12,16,20H,2,9-10,13H2,1H3. The Labute approximate surface area is 125 Å². The maximum Gasteiger partial charge on any atom is 0.123 e. The second kappa shape index (κ2) is 6.27. The molecule has 0 radical (unpaired) electrons. The molecular weight excluding hydrogens is 263 g/mol. The third kappa shape index (κ3) is 3.42. The summed E-state index contributed by atoms with van der Waals surface area (Å²) in [6.45, 7) is 3.86. The second-order valence-corrected chi connectivity index (χ2v) is 5.50. The van der Waals surface area contributed by atoms with Crippen LogP contribution in [-0.4, -0.2) is 12.6 Å². The maximum atomic E-state index is 13.1. The molecule has 0 aliphatic heterocycles. The molecule has 0 bridgehead atoms. The van der Waals surface area contributed by atoms with E-state index < -0.39 is 0 Å². The predicted molar refractivity (Wildman–Crippen MR) is 85.4 cm³/mol. The van der Waals surface area contributed by atoms with Crippen LogP contribution < -0.4 is 10.2 Å². The highest BCUT2D eigenvalue weighted by Gasteiger charge is 2.21. The Balaban J connectivity index is 1.86. The number of hydrogen-bond acceptors (Lipinski definition) is 2. The number of halogens is 1. The summed E-state index contributed by atoms with van der Waals surface area (Å²) in [6, 6.07) is 15.8. The lowest BCUT2D eigenvalue weighted by Crippen LogP contribution is -2.21. The van der Waals surface area contributed by atoms with Crippen molar-refractivity contribution in [1.29, 1.82) is 0 Å². The zero-order valence-corrected chi connectivity index (χ0v) is 12.3. The molecule has 0 unspecified atom stereocenters. The van der Waals surface area contributed by atoms with Crippen LogP contribution in [0.15, 0.2) is 48.5 Å². The second-order valence-electron chi connectivity index (χ2n) is 5.50. The largest absolute Gasteiger partial charge is 0.342 e. The molecule has 2 aromatic carbocycles. The summed E-state index contributed by atoms with van der Waals surface area (Å²) in [5.74, 6) is -0.196. The molecule has 0 spiro atoms. The van der Waals surface area contributed by atoms with Gasteiger partial charge in [0.2, 0.25) is 0 Å². The van der Waals surface area contributed by atoms with Gasteiger partial charge in [-0.2, -0.15) is 0 Å². The Morgan fingerprint density at radius 1 is 1.10 bits per heavy atom. The summed E-state index contributed by atoms with van der Waals surface area (Å²) in [5, 5.41) is 3.57. The summed E-state index contributed by atoms with van der Waals surface area (Å²) in [4.78, 5) is 2.23. The molecule has 0 heterocycles. The van der Waals surface area contributed by atoms with E-state index in [1.54, 1.807) is 0 Å². The van der Waals surface area contributed by atoms with Crippen molar-refractivity contribution in [3.63, 3.8) is 0 Å². The van der Waals surface area contributed by atoms with Gasteiger partial charge in [-0.25, -0.2) is 4.39 Å². The molecular formula is C18H21FN2. The fourth-order valence-corrected chi connectivity index (χ4v) is 2.58. The Hall–Kier alpha value is -1.87. The predicted octanol–water partition coefficient (Wildman–Crippen LogP) is 4.24. The number of rotatable bonds is 6. The highest BCUT2D eigenvalue weighted by molar-refractivity contribution is 5.66. The first-order chi connectivity index (χ1) is 10.3. The van der Waals surface area contributed by atoms with Gasteiger partial charge in [0.05, 0.1) is 0 Å². The van der Waals surface area contributed by atoms with Gasteiger partial charge < -0.3 is 10.2 Å². The van der Waals surface area contributed by atoms with Crippen LogP contribution in [0.25, 0.3) is 0 Å². The van der Waals surface area contributed by atoms with E-state index in [0.29, 0.717) is 6.04 Å². The monoisotopic (exact) mass is 284 g/mol. The molecule has 0 aromatic heterocycles. The quantitative estimate of drug-likeness (QED) is 0.853. The molecule has 1 fully saturated rings. The molecule has 21 heavy (non-hydrogen) atoms. The first-order valence-electron chi connectivity index (χ1n) is 7.62. The topological polar surface area (TPSA) is 15.3 Å². The van der Waals surface area contributed by atoms with Crippen molar-refractivity contribution in [2.75, 3.05) is 11.4 Å². The van der Waals surface area contributed by atoms with E-state index in [4.69, 9.17) is 0 Å². The van der Waals surface area contributed by atoms with Crippen molar-refractivity contribution in [3.05, 3.63) is 59.9 Å². The fourth-order valence-electron chi connectivity index (χ4n) is 2.58. The van der Waals surface area contributed by atoms with E-state index in [9.17, 15) is 4.39 Å². The number of nitrogens with one attached hydrogen (secondary N) is 1. The van der Waals surface area contributed by atoms with E-state index in [0.717, 1.165) is 18.8 Å². The third-order valence-electron chi connectivity index (χ3n) is 3.90. The minimum absolute atomic E-state index is 0.196. The fraction of sp³-hybridized carbons (Fsp3) is 0.333. The molecule has 2 nitrogen and oxygen atoms in total. The number of hydrogen-bond donors (Lipinski definition) is 1. The molecule has 1 saturated carbocycles. The highest BCUT2D eigenvalue weighted by Crippen LogP contribution is 2.29. The number of para-hydroxylation sites is 1. The Kier molecular flexibility index (Phi) is 4.20. The first-order valence-corrected chi connectivity index (χ1v) is 7.62. The Morgan fingerprint density at radius 3 is 2.48 bits per heavy atom. The molecule has 0 amide bonds. The van der Waals surface area contributed by atoms with E-state index in [1.165, 1.54) is 36.2 Å². The average Bonchev–Trinajstić information content (AvgIpc) is 3.33. The molecule has 3 heteroatoms. The zero-order chi connectivity index (χ0) is 14.7. The van der Waals surface area contributed by atoms with Gasteiger partial charge in [-0.05, 0) is 55.7 Å². The van der Waals surface area contributed by atoms with Crippen LogP contribution in [0.3, 0.4) is 0 Å². The molecule has 3 rings (SSSR count). The average molecular weight is 284 g/mol. The van der Waals surface area contributed by atoms with E-state index in [1.807, 2.05) is 12.1 Å². The van der Waals surface area contributed by atoms with Crippen LogP contribution in [0, 0.1) is 5.82 Å². The summed E-state index contributed by atoms with van der Waals surface area (Å²) in [6.07, 6.45) is 2.58. The molecule has 110 valence electrons. The van der Waals surface area contributed by atoms with Crippen LogP contribution in [0.4, 0.5) is 15.8 Å². The van der Waals surface area contributed by atoms with Crippen molar-refractivity contribution in [1.82, 2.24) is 5.32 Å². The van der Waals surface area contributed by atoms with Gasteiger partial charge in [0, 0.05) is 30.5 Å². The molecule has 1 N–H and O–H groups in total. The number of anilines is 2. The molecule has 1 aliphatic carbocycles. The van der Waals surface area contributed by atoms with E-state index >= 15 is 0 Å². The van der Waals surface area contributed by atoms with Crippen molar-refractivity contribution in [3.8, 4) is 0 Å². The Bertz CT molecular complexity index is 590. The van der Waals surface area contributed by atoms with E-state index in [-0.39, 0.29) is 5.82 Å². The SMILES string of the molecule is CCN(c1ccc(F)cc1)c1ccccc1CNC1CC1. The lowest BCUT2D eigenvalue weighted by Gasteiger charge is -2.26. The van der Waals surface area contributed by atoms with Crippen molar-refractivity contribution in [2.45, 2.75) is 32.4 Å². The zero-order valence-electron chi connectivity index (χ0n) is 12.3. The van der Waals surface area contributed by atoms with Gasteiger partial charge in [0.1, 0.15) is 5.82 Å². The summed E-state index contributed by atoms with van der Waals surface area (Å²) in [7, 11) is 0. The summed E-state index contributed by atoms with van der Waals surface area (Å²) < 4.78 is 13.1. The van der Waals surface area contributed by atoms with E-state index in [2.05, 4.69) is 41.4 Å². The third-order valence-corrected chi connectivity index (χ3v) is 3.90. The first kappa shape index (κ1) is 14.1. The minimum Gasteiger partial charge on any atom is -0.342 e. The number of nitrogens with zero attached hydrogens (tertiary/aromatic N) is 1. The van der Waals surface area contributed by atoms with Crippen LogP contribution in [0.1, 0.15) is 25.3 Å². The van der Waals surface area contributed by atoms with Crippen LogP contribution in [-0.2, 0) is 6.54 Å². The molecule has 0 atom stereocenters. The smallest absolute Gasteiger partial charge is 0.123 e. The van der Waals surface area contributed by atoms with Crippen LogP contribution in [0.5, 0.6) is 0 Å². The molecule has 0 saturated heterocycles. The lowest BCUT2D eigenvalue weighted by molar-refractivity contribution is 0.627. The highest BCUT2D eigenvalue weighted by atomic mass is 19.1. The van der Waals surface area contributed by atoms with Crippen molar-refractivity contribution in [2.24, 2.45) is 0 Å². The van der Waals surface area contributed by atoms with Gasteiger partial charge in [-0.15, -0.1) is 0 Å². The molecule has 2 aromatic rings. The van der Waals surface area contributed by atoms with Crippen molar-refractivity contribution >= 4 is 11.4 Å². The van der Waals surface area contributed by atoms with Gasteiger partial charge in [0.15, 0.2) is 0 Å². The summed E-state index contributed by atoms with van der Waals surface area (Å²) in [5.41, 5.74) is 3.51. The minimum atomic E-state index is -0.196. The summed E-state index contributed by atoms with van der Waals surface area (Å²) >= 11 is 0. The van der Waals surface area contributed by atoms with Crippen molar-refractivity contribution < 1.29 is 4.39 Å². The van der Waals surface area contributed by atoms with Gasteiger partial charge in [-0.3, -0.25) is 0 Å². The Morgan fingerprint density at radius 2 is 1.81 bits per heavy atom. The number of benzene rings is 2. The van der Waals surface area contributed by atoms with Gasteiger partial charge >= 0.3 is 0 Å².